The molecule has 11 heteroatoms. The van der Waals surface area contributed by atoms with Crippen molar-refractivity contribution in [2.24, 2.45) is 17.6 Å². The first kappa shape index (κ1) is 25.8. The monoisotopic (exact) mass is 501 g/mol. The third-order valence-electron chi connectivity index (χ3n) is 7.70. The predicted molar refractivity (Wildman–Crippen MR) is 127 cm³/mol. The van der Waals surface area contributed by atoms with Crippen molar-refractivity contribution in [2.75, 3.05) is 28.2 Å². The summed E-state index contributed by atoms with van der Waals surface area (Å²) in [7, 11) is 6.56. The zero-order chi connectivity index (χ0) is 27.0. The molecule has 4 rings (SSSR count). The Labute approximate surface area is 207 Å². The summed E-state index contributed by atoms with van der Waals surface area (Å²) in [6.07, 6.45) is -1.61. The molecular weight excluding hydrogens is 470 g/mol. The Morgan fingerprint density at radius 1 is 1.11 bits per heavy atom. The van der Waals surface area contributed by atoms with Gasteiger partial charge >= 0.3 is 0 Å². The number of nitrogens with zero attached hydrogens (tertiary/aromatic N) is 2. The molecule has 6 atom stereocenters. The van der Waals surface area contributed by atoms with Crippen molar-refractivity contribution in [2.45, 2.75) is 37.1 Å². The molecule has 0 saturated carbocycles. The van der Waals surface area contributed by atoms with E-state index in [1.165, 1.54) is 19.0 Å². The van der Waals surface area contributed by atoms with Gasteiger partial charge in [0.1, 0.15) is 22.8 Å². The van der Waals surface area contributed by atoms with Gasteiger partial charge in [-0.25, -0.2) is 0 Å². The van der Waals surface area contributed by atoms with Crippen LogP contribution in [0.25, 0.3) is 0 Å². The lowest BCUT2D eigenvalue weighted by Crippen LogP contribution is -2.68. The highest BCUT2D eigenvalue weighted by molar-refractivity contribution is 6.25. The van der Waals surface area contributed by atoms with E-state index in [0.29, 0.717) is 17.7 Å². The highest BCUT2D eigenvalue weighted by Gasteiger charge is 2.67. The molecular formula is C25H31N3O8. The van der Waals surface area contributed by atoms with Crippen molar-refractivity contribution in [1.82, 2.24) is 9.80 Å². The molecule has 0 heterocycles. The quantitative estimate of drug-likeness (QED) is 0.300. The van der Waals surface area contributed by atoms with E-state index in [1.54, 1.807) is 38.1 Å². The second kappa shape index (κ2) is 8.41. The minimum absolute atomic E-state index is 0.0881. The minimum atomic E-state index is -2.92. The summed E-state index contributed by atoms with van der Waals surface area (Å²) in [4.78, 5) is 42.3. The highest BCUT2D eigenvalue weighted by Crippen LogP contribution is 2.55. The molecule has 0 radical (unpaired) electrons. The summed E-state index contributed by atoms with van der Waals surface area (Å²) in [6.45, 7) is 2.01. The Balaban J connectivity index is 2.01. The number of aliphatic hydroxyl groups is 4. The van der Waals surface area contributed by atoms with E-state index < -0.39 is 75.6 Å². The zero-order valence-corrected chi connectivity index (χ0v) is 20.7. The third-order valence-corrected chi connectivity index (χ3v) is 7.70. The number of carbonyl (C=O) groups excluding carboxylic acids is 3. The number of amides is 1. The number of nitrogens with two attached hydrogens (primary N) is 1. The zero-order valence-electron chi connectivity index (χ0n) is 20.7. The molecule has 0 fully saturated rings. The average molecular weight is 502 g/mol. The standard InChI is InChI=1S/C25H31N3O8/c1-9-11-7-6-10(8-27(2)3)18(29)13(11)19(30)14-12(9)20(31)16-17(28(4)5)21(32)15(24(26)35)23(34)25(16,36)22(14)33/h6-7,9,12,16-17,20,29,31-33,36H,8H2,1-5H3,(H2,26,35)/t9-,12+,16+,17-,20-,25-/m0/s1. The van der Waals surface area contributed by atoms with Gasteiger partial charge in [-0.2, -0.15) is 0 Å². The molecule has 1 aromatic rings. The van der Waals surface area contributed by atoms with E-state index in [-0.39, 0.29) is 11.3 Å². The van der Waals surface area contributed by atoms with Gasteiger partial charge in [-0.1, -0.05) is 19.1 Å². The highest BCUT2D eigenvalue weighted by atomic mass is 16.4. The number of fused-ring (bicyclic) bond motifs is 3. The predicted octanol–water partition coefficient (Wildman–Crippen LogP) is -0.286. The number of rotatable bonds is 4. The maximum atomic E-state index is 13.7. The van der Waals surface area contributed by atoms with Gasteiger partial charge in [-0.3, -0.25) is 19.3 Å². The van der Waals surface area contributed by atoms with Gasteiger partial charge in [-0.05, 0) is 39.7 Å². The fraction of sp³-hybridized carbons (Fsp3) is 0.480. The lowest BCUT2D eigenvalue weighted by atomic mass is 9.55. The number of aliphatic hydroxyl groups excluding tert-OH is 3. The Bertz CT molecular complexity index is 1250. The molecule has 7 N–H and O–H groups in total. The van der Waals surface area contributed by atoms with Gasteiger partial charge in [0.05, 0.1) is 23.6 Å². The molecule has 3 aliphatic rings. The average Bonchev–Trinajstić information content (AvgIpc) is 2.77. The number of phenols is 1. The number of aromatic hydroxyl groups is 1. The van der Waals surface area contributed by atoms with E-state index in [1.807, 2.05) is 0 Å². The second-order valence-corrected chi connectivity index (χ2v) is 10.3. The summed E-state index contributed by atoms with van der Waals surface area (Å²) in [5.74, 6) is -8.87. The molecule has 3 aliphatic carbocycles. The van der Waals surface area contributed by atoms with Gasteiger partial charge in [0.25, 0.3) is 5.91 Å². The van der Waals surface area contributed by atoms with Crippen LogP contribution in [-0.2, 0) is 16.1 Å². The van der Waals surface area contributed by atoms with Crippen LogP contribution in [0.1, 0.15) is 34.3 Å². The molecule has 0 saturated heterocycles. The van der Waals surface area contributed by atoms with E-state index in [2.05, 4.69) is 0 Å². The Morgan fingerprint density at radius 3 is 2.25 bits per heavy atom. The van der Waals surface area contributed by atoms with E-state index >= 15 is 0 Å². The van der Waals surface area contributed by atoms with Crippen LogP contribution in [0.2, 0.25) is 0 Å². The normalized spacial score (nSPS) is 32.1. The maximum Gasteiger partial charge on any atom is 0.255 e. The number of Topliss-reactive ketones (excluding diaryl/α,β-unsaturated/α-hetero) is 2. The number of hydrogen-bond donors (Lipinski definition) is 6. The lowest BCUT2D eigenvalue weighted by molar-refractivity contribution is -0.162. The summed E-state index contributed by atoms with van der Waals surface area (Å²) in [5.41, 5.74) is 1.87. The van der Waals surface area contributed by atoms with Crippen molar-refractivity contribution in [3.63, 3.8) is 0 Å². The lowest BCUT2D eigenvalue weighted by Gasteiger charge is -2.53. The van der Waals surface area contributed by atoms with Crippen LogP contribution in [0.4, 0.5) is 0 Å². The number of primary amides is 1. The van der Waals surface area contributed by atoms with Gasteiger partial charge in [0, 0.05) is 23.6 Å². The number of carbonyl (C=O) groups is 3. The topological polar surface area (TPSA) is 185 Å². The SMILES string of the molecule is C[C@H]1c2ccc(CN(C)C)c(O)c2C(=O)C2=C(O)[C@]3(O)C(=O)C(C(N)=O)=C(O)[C@@H](N(C)C)[C@@H]3[C@@H](O)[C@@H]21. The Morgan fingerprint density at radius 2 is 1.72 bits per heavy atom. The van der Waals surface area contributed by atoms with E-state index in [0.717, 1.165) is 0 Å². The van der Waals surface area contributed by atoms with Crippen molar-refractivity contribution < 1.29 is 39.9 Å². The first-order valence-corrected chi connectivity index (χ1v) is 11.5. The summed E-state index contributed by atoms with van der Waals surface area (Å²) in [5, 5.41) is 56.4. The Hall–Kier alpha value is -3.25. The minimum Gasteiger partial charge on any atom is -0.510 e. The fourth-order valence-electron chi connectivity index (χ4n) is 6.13. The van der Waals surface area contributed by atoms with Crippen molar-refractivity contribution in [1.29, 1.82) is 0 Å². The number of ketones is 2. The smallest absolute Gasteiger partial charge is 0.255 e. The number of phenolic OH excluding ortho intramolecular Hbond substituents is 1. The second-order valence-electron chi connectivity index (χ2n) is 10.3. The maximum absolute atomic E-state index is 13.7. The van der Waals surface area contributed by atoms with Gasteiger partial charge in [0.2, 0.25) is 5.78 Å². The van der Waals surface area contributed by atoms with Crippen LogP contribution in [0, 0.1) is 11.8 Å². The molecule has 1 amide bonds. The molecule has 0 bridgehead atoms. The van der Waals surface area contributed by atoms with Crippen LogP contribution in [-0.4, -0.2) is 98.7 Å². The molecule has 0 aromatic heterocycles. The van der Waals surface area contributed by atoms with E-state index in [9.17, 15) is 39.9 Å². The van der Waals surface area contributed by atoms with Crippen molar-refractivity contribution >= 4 is 17.5 Å². The van der Waals surface area contributed by atoms with E-state index in [4.69, 9.17) is 5.73 Å². The number of benzene rings is 1. The first-order valence-electron chi connectivity index (χ1n) is 11.5. The summed E-state index contributed by atoms with van der Waals surface area (Å²) < 4.78 is 0. The number of hydrogen-bond acceptors (Lipinski definition) is 10. The van der Waals surface area contributed by atoms with Crippen LogP contribution in [0.5, 0.6) is 5.75 Å². The van der Waals surface area contributed by atoms with Crippen molar-refractivity contribution in [3.8, 4) is 5.75 Å². The molecule has 1 aromatic carbocycles. The fourth-order valence-corrected chi connectivity index (χ4v) is 6.13. The first-order chi connectivity index (χ1) is 16.7. The van der Waals surface area contributed by atoms with Crippen LogP contribution >= 0.6 is 0 Å². The molecule has 36 heavy (non-hydrogen) atoms. The number of likely N-dealkylation sites (N-methyl/N-ethyl adjacent to an activating group) is 1. The van der Waals surface area contributed by atoms with Crippen LogP contribution < -0.4 is 5.73 Å². The van der Waals surface area contributed by atoms with Crippen molar-refractivity contribution in [3.05, 3.63) is 51.5 Å². The van der Waals surface area contributed by atoms with Gasteiger partial charge < -0.3 is 36.2 Å². The molecule has 0 unspecified atom stereocenters. The molecule has 0 aliphatic heterocycles. The van der Waals surface area contributed by atoms with Gasteiger partial charge in [0.15, 0.2) is 11.4 Å². The summed E-state index contributed by atoms with van der Waals surface area (Å²) in [6, 6.07) is 2.07. The molecule has 0 spiro atoms. The Kier molecular flexibility index (Phi) is 6.03. The van der Waals surface area contributed by atoms with Gasteiger partial charge in [-0.15, -0.1) is 0 Å². The summed E-state index contributed by atoms with van der Waals surface area (Å²) >= 11 is 0. The third kappa shape index (κ3) is 3.23. The van der Waals surface area contributed by atoms with Crippen LogP contribution in [0.3, 0.4) is 0 Å². The molecule has 11 nitrogen and oxygen atoms in total. The molecule has 194 valence electrons. The van der Waals surface area contributed by atoms with Crippen LogP contribution in [0.15, 0.2) is 34.8 Å². The largest absolute Gasteiger partial charge is 0.510 e.